The minimum Gasteiger partial charge on any atom is -0.481 e. The van der Waals surface area contributed by atoms with Crippen LogP contribution in [0.5, 0.6) is 0 Å². The van der Waals surface area contributed by atoms with Gasteiger partial charge in [0.15, 0.2) is 0 Å². The summed E-state index contributed by atoms with van der Waals surface area (Å²) in [5, 5.41) is 49.3. The molecule has 260 valence electrons. The molecule has 0 spiro atoms. The van der Waals surface area contributed by atoms with Crippen LogP contribution in [-0.4, -0.2) is 89.3 Å². The predicted molar refractivity (Wildman–Crippen MR) is 157 cm³/mol. The van der Waals surface area contributed by atoms with E-state index in [0.717, 1.165) is 34.0 Å². The van der Waals surface area contributed by atoms with Crippen molar-refractivity contribution >= 4 is 23.5 Å². The first-order chi connectivity index (χ1) is 22.7. The smallest absolute Gasteiger partial charge is 0.416 e. The number of rotatable bonds is 9. The fourth-order valence-corrected chi connectivity index (χ4v) is 6.66. The Hall–Kier alpha value is -3.70. The van der Waals surface area contributed by atoms with Gasteiger partial charge in [0, 0.05) is 18.0 Å². The monoisotopic (exact) mass is 702 g/mol. The quantitative estimate of drug-likeness (QED) is 0.191. The van der Waals surface area contributed by atoms with Crippen molar-refractivity contribution in [1.82, 2.24) is 19.9 Å². The molecule has 48 heavy (non-hydrogen) atoms. The van der Waals surface area contributed by atoms with E-state index in [0.29, 0.717) is 12.8 Å². The number of nitrogens with zero attached hydrogens (tertiary/aromatic N) is 4. The van der Waals surface area contributed by atoms with Crippen molar-refractivity contribution in [2.24, 2.45) is 5.92 Å². The molecule has 1 aromatic heterocycles. The van der Waals surface area contributed by atoms with Gasteiger partial charge in [-0.05, 0) is 36.6 Å². The Morgan fingerprint density at radius 2 is 1.75 bits per heavy atom. The fourth-order valence-electron chi connectivity index (χ4n) is 6.55. The molecule has 2 aliphatic rings. The number of carbonyl (C=O) groups excluding carboxylic acids is 1. The van der Waals surface area contributed by atoms with Gasteiger partial charge in [-0.25, -0.2) is 13.5 Å². The van der Waals surface area contributed by atoms with Gasteiger partial charge in [0.25, 0.3) is 5.91 Å². The van der Waals surface area contributed by atoms with Crippen LogP contribution >= 0.6 is 11.6 Å². The molecular formula is C31H32ClF5N4O7. The molecule has 1 saturated heterocycles. The molecule has 2 heterocycles. The molecule has 4 N–H and O–H groups in total. The normalized spacial score (nSPS) is 26.3. The summed E-state index contributed by atoms with van der Waals surface area (Å²) < 4.78 is 77.2. The molecule has 5 rings (SSSR count). The van der Waals surface area contributed by atoms with Gasteiger partial charge in [0.05, 0.1) is 43.0 Å². The highest BCUT2D eigenvalue weighted by Crippen LogP contribution is 2.40. The second-order valence-corrected chi connectivity index (χ2v) is 12.3. The molecule has 1 aliphatic carbocycles. The van der Waals surface area contributed by atoms with E-state index in [4.69, 9.17) is 16.3 Å². The van der Waals surface area contributed by atoms with Gasteiger partial charge in [0.2, 0.25) is 0 Å². The van der Waals surface area contributed by atoms with Crippen LogP contribution in [0.15, 0.2) is 42.6 Å². The molecular weight excluding hydrogens is 671 g/mol. The SMILES string of the molecule is O=C(O)C[C@@H]1[C@H](n2cc(-c3cc(F)c(Cl)c(F)c3)nn2)[C@@H](O)[C@@H](CO)O[C@H]1C(=O)N(Cc1ccccc1C(F)(F)F)[C@H]1CCCC[C@@H]1O. The summed E-state index contributed by atoms with van der Waals surface area (Å²) in [6.45, 7) is -1.48. The Labute approximate surface area is 275 Å². The third-order valence-electron chi connectivity index (χ3n) is 8.85. The number of hydrogen-bond acceptors (Lipinski definition) is 8. The summed E-state index contributed by atoms with van der Waals surface area (Å²) in [5.74, 6) is -6.06. The number of carboxylic acid groups (broad SMARTS) is 1. The van der Waals surface area contributed by atoms with Crippen molar-refractivity contribution in [3.05, 3.63) is 70.4 Å². The number of hydrogen-bond donors (Lipinski definition) is 4. The highest BCUT2D eigenvalue weighted by Gasteiger charge is 2.52. The third-order valence-corrected chi connectivity index (χ3v) is 9.21. The highest BCUT2D eigenvalue weighted by atomic mass is 35.5. The zero-order valence-corrected chi connectivity index (χ0v) is 25.9. The molecule has 3 aromatic rings. The van der Waals surface area contributed by atoms with Crippen LogP contribution in [0, 0.1) is 17.6 Å². The second kappa shape index (κ2) is 14.4. The van der Waals surface area contributed by atoms with E-state index in [1.165, 1.54) is 18.2 Å². The zero-order valence-electron chi connectivity index (χ0n) is 25.1. The number of aliphatic hydroxyl groups is 3. The first-order valence-corrected chi connectivity index (χ1v) is 15.5. The van der Waals surface area contributed by atoms with Crippen LogP contribution in [0.3, 0.4) is 0 Å². The standard InChI is InChI=1S/C31H32ClF5N4O7/c32-26-19(33)9-16(10-20(26)34)21-13-41(39-38-21)27-17(11-25(44)45)29(48-24(14-42)28(27)46)30(47)40(22-7-3-4-8-23(22)43)12-15-5-1-2-6-18(15)31(35,36)37/h1-2,5-6,9-10,13,17,22-24,27-29,42-43,46H,3-4,7-8,11-12,14H2,(H,44,45)/t17-,22+,23+,24-,27+,28+,29-/m1/s1. The van der Waals surface area contributed by atoms with Gasteiger partial charge in [0.1, 0.15) is 40.7 Å². The van der Waals surface area contributed by atoms with E-state index in [1.807, 2.05) is 0 Å². The van der Waals surface area contributed by atoms with Crippen LogP contribution < -0.4 is 0 Å². The van der Waals surface area contributed by atoms with Gasteiger partial charge in [-0.3, -0.25) is 9.59 Å². The first-order valence-electron chi connectivity index (χ1n) is 15.1. The number of benzene rings is 2. The second-order valence-electron chi connectivity index (χ2n) is 11.9. The lowest BCUT2D eigenvalue weighted by Gasteiger charge is -2.46. The van der Waals surface area contributed by atoms with Crippen molar-refractivity contribution < 1.29 is 56.7 Å². The summed E-state index contributed by atoms with van der Waals surface area (Å²) in [5.41, 5.74) is -1.51. The highest BCUT2D eigenvalue weighted by molar-refractivity contribution is 6.31. The molecule has 0 radical (unpaired) electrons. The number of halogens is 6. The Balaban J connectivity index is 1.57. The Morgan fingerprint density at radius 3 is 2.38 bits per heavy atom. The molecule has 0 unspecified atom stereocenters. The number of carboxylic acids is 1. The lowest BCUT2D eigenvalue weighted by Crippen LogP contribution is -2.60. The number of aliphatic hydroxyl groups excluding tert-OH is 3. The van der Waals surface area contributed by atoms with Gasteiger partial charge in [-0.2, -0.15) is 13.2 Å². The summed E-state index contributed by atoms with van der Waals surface area (Å²) in [6, 6.07) is 3.96. The van der Waals surface area contributed by atoms with Crippen molar-refractivity contribution in [1.29, 1.82) is 0 Å². The zero-order chi connectivity index (χ0) is 34.9. The summed E-state index contributed by atoms with van der Waals surface area (Å²) in [4.78, 5) is 27.7. The maximum atomic E-state index is 14.5. The summed E-state index contributed by atoms with van der Waals surface area (Å²) in [6.07, 6.45) is -8.90. The average Bonchev–Trinajstić information content (AvgIpc) is 3.52. The Bertz CT molecular complexity index is 1620. The number of aromatic nitrogens is 3. The van der Waals surface area contributed by atoms with Gasteiger partial charge in [-0.1, -0.05) is 47.9 Å². The molecule has 7 atom stereocenters. The van der Waals surface area contributed by atoms with E-state index >= 15 is 0 Å². The van der Waals surface area contributed by atoms with Crippen molar-refractivity contribution in [2.45, 2.75) is 81.3 Å². The van der Waals surface area contributed by atoms with Crippen molar-refractivity contribution in [3.8, 4) is 11.3 Å². The van der Waals surface area contributed by atoms with Crippen molar-refractivity contribution in [3.63, 3.8) is 0 Å². The van der Waals surface area contributed by atoms with Crippen molar-refractivity contribution in [2.75, 3.05) is 6.61 Å². The van der Waals surface area contributed by atoms with Crippen LogP contribution in [0.2, 0.25) is 5.02 Å². The number of aliphatic carboxylic acids is 1. The lowest BCUT2D eigenvalue weighted by atomic mass is 9.81. The Morgan fingerprint density at radius 1 is 1.08 bits per heavy atom. The van der Waals surface area contributed by atoms with Gasteiger partial charge in [-0.15, -0.1) is 5.10 Å². The molecule has 1 aliphatic heterocycles. The van der Waals surface area contributed by atoms with E-state index < -0.39 is 102 Å². The molecule has 1 saturated carbocycles. The van der Waals surface area contributed by atoms with Gasteiger partial charge >= 0.3 is 12.1 Å². The molecule has 17 heteroatoms. The summed E-state index contributed by atoms with van der Waals surface area (Å²) >= 11 is 5.58. The van der Waals surface area contributed by atoms with E-state index in [-0.39, 0.29) is 29.7 Å². The van der Waals surface area contributed by atoms with Gasteiger partial charge < -0.3 is 30.1 Å². The number of amides is 1. The molecule has 2 fully saturated rings. The lowest BCUT2D eigenvalue weighted by molar-refractivity contribution is -0.202. The molecule has 0 bridgehead atoms. The average molecular weight is 703 g/mol. The Kier molecular flexibility index (Phi) is 10.7. The van der Waals surface area contributed by atoms with Crippen LogP contribution in [0.25, 0.3) is 11.3 Å². The van der Waals surface area contributed by atoms with E-state index in [1.54, 1.807) is 0 Å². The summed E-state index contributed by atoms with van der Waals surface area (Å²) in [7, 11) is 0. The topological polar surface area (TPSA) is 158 Å². The predicted octanol–water partition coefficient (Wildman–Crippen LogP) is 3.98. The third kappa shape index (κ3) is 7.32. The minimum atomic E-state index is -4.78. The first kappa shape index (κ1) is 35.6. The van der Waals surface area contributed by atoms with E-state index in [9.17, 15) is 52.0 Å². The minimum absolute atomic E-state index is 0.107. The van der Waals surface area contributed by atoms with Crippen LogP contribution in [-0.2, 0) is 27.0 Å². The largest absolute Gasteiger partial charge is 0.481 e. The van der Waals surface area contributed by atoms with Crippen LogP contribution in [0.1, 0.15) is 49.3 Å². The maximum absolute atomic E-state index is 14.5. The van der Waals surface area contributed by atoms with E-state index in [2.05, 4.69) is 10.3 Å². The fraction of sp³-hybridized carbons (Fsp3) is 0.484. The molecule has 2 aromatic carbocycles. The maximum Gasteiger partial charge on any atom is 0.416 e. The molecule has 1 amide bonds. The number of ether oxygens (including phenoxy) is 1. The molecule has 11 nitrogen and oxygen atoms in total. The number of carbonyl (C=O) groups is 2. The number of alkyl halides is 3. The van der Waals surface area contributed by atoms with Crippen LogP contribution in [0.4, 0.5) is 22.0 Å².